The number of hydrogen-bond acceptors (Lipinski definition) is 7. The summed E-state index contributed by atoms with van der Waals surface area (Å²) in [6.45, 7) is 8.24. The lowest BCUT2D eigenvalue weighted by Crippen LogP contribution is -2.42. The number of fused-ring (bicyclic) bond motifs is 1. The van der Waals surface area contributed by atoms with Crippen molar-refractivity contribution in [3.63, 3.8) is 0 Å². The lowest BCUT2D eigenvalue weighted by Gasteiger charge is -2.31. The molecule has 2 aromatic heterocycles. The zero-order valence-electron chi connectivity index (χ0n) is 20.4. The average Bonchev–Trinajstić information content (AvgIpc) is 3.30. The van der Waals surface area contributed by atoms with Gasteiger partial charge in [-0.3, -0.25) is 19.0 Å². The molecule has 0 bridgehead atoms. The Kier molecular flexibility index (Phi) is 7.80. The largest absolute Gasteiger partial charge is 0.354 e. The Hall–Kier alpha value is -3.27. The van der Waals surface area contributed by atoms with E-state index in [1.54, 1.807) is 4.90 Å². The molecule has 1 aliphatic heterocycles. The van der Waals surface area contributed by atoms with Gasteiger partial charge >= 0.3 is 0 Å². The molecule has 10 heteroatoms. The molecule has 1 fully saturated rings. The number of thiazole rings is 1. The molecule has 0 saturated carbocycles. The van der Waals surface area contributed by atoms with Gasteiger partial charge in [0.25, 0.3) is 5.56 Å². The summed E-state index contributed by atoms with van der Waals surface area (Å²) in [7, 11) is 0. The highest BCUT2D eigenvalue weighted by atomic mass is 32.1. The van der Waals surface area contributed by atoms with Crippen LogP contribution in [-0.4, -0.2) is 56.9 Å². The highest BCUT2D eigenvalue weighted by molar-refractivity contribution is 7.22. The van der Waals surface area contributed by atoms with E-state index in [1.165, 1.54) is 22.2 Å². The van der Waals surface area contributed by atoms with E-state index in [-0.39, 0.29) is 35.9 Å². The molecule has 0 unspecified atom stereocenters. The van der Waals surface area contributed by atoms with Crippen LogP contribution in [0.15, 0.2) is 41.5 Å². The number of nitrogens with zero attached hydrogens (tertiary/aromatic N) is 5. The summed E-state index contributed by atoms with van der Waals surface area (Å²) in [6.07, 6.45) is 2.90. The van der Waals surface area contributed by atoms with Crippen molar-refractivity contribution in [2.24, 2.45) is 5.92 Å². The van der Waals surface area contributed by atoms with Gasteiger partial charge in [-0.2, -0.15) is 4.98 Å². The zero-order valence-corrected chi connectivity index (χ0v) is 21.3. The number of amides is 2. The molecule has 3 aromatic rings. The van der Waals surface area contributed by atoms with Crippen LogP contribution in [0.3, 0.4) is 0 Å². The molecule has 1 N–H and O–H groups in total. The van der Waals surface area contributed by atoms with Crippen LogP contribution in [0.2, 0.25) is 0 Å². The lowest BCUT2D eigenvalue weighted by molar-refractivity contribution is -0.132. The summed E-state index contributed by atoms with van der Waals surface area (Å²) >= 11 is 1.30. The Balaban J connectivity index is 1.44. The second-order valence-corrected chi connectivity index (χ2v) is 10.1. The van der Waals surface area contributed by atoms with Crippen molar-refractivity contribution in [2.75, 3.05) is 24.5 Å². The van der Waals surface area contributed by atoms with Gasteiger partial charge in [-0.25, -0.2) is 4.98 Å². The maximum Gasteiger partial charge on any atom is 0.273 e. The quantitative estimate of drug-likeness (QED) is 0.515. The van der Waals surface area contributed by atoms with Gasteiger partial charge in [-0.15, -0.1) is 0 Å². The van der Waals surface area contributed by atoms with Crippen LogP contribution in [0.1, 0.15) is 39.2 Å². The molecular weight excluding hydrogens is 464 g/mol. The van der Waals surface area contributed by atoms with Gasteiger partial charge in [0, 0.05) is 38.1 Å². The fourth-order valence-corrected chi connectivity index (χ4v) is 5.26. The van der Waals surface area contributed by atoms with Gasteiger partial charge in [0.15, 0.2) is 10.8 Å². The number of nitrogens with one attached hydrogen (secondary N) is 1. The number of aromatic nitrogens is 3. The molecule has 0 spiro atoms. The van der Waals surface area contributed by atoms with E-state index in [4.69, 9.17) is 0 Å². The maximum atomic E-state index is 13.1. The zero-order chi connectivity index (χ0) is 24.9. The highest BCUT2D eigenvalue weighted by Gasteiger charge is 2.27. The van der Waals surface area contributed by atoms with Crippen molar-refractivity contribution in [2.45, 2.75) is 52.7 Å². The molecule has 35 heavy (non-hydrogen) atoms. The molecule has 1 aliphatic rings. The molecule has 0 aliphatic carbocycles. The molecule has 3 heterocycles. The summed E-state index contributed by atoms with van der Waals surface area (Å²) in [5.41, 5.74) is 1.19. The standard InChI is InChI=1S/C25H32N6O3S/c1-4-29(14-18-8-6-5-7-9-18)20(32)15-31-16-26-22-21(24(31)34)35-25(28-22)30-12-10-19(11-13-30)23(33)27-17(2)3/h5-9,16-17,19H,4,10-15H2,1-3H3,(H,27,33). The molecular formula is C25H32N6O3S. The average molecular weight is 497 g/mol. The summed E-state index contributed by atoms with van der Waals surface area (Å²) in [4.78, 5) is 51.1. The van der Waals surface area contributed by atoms with Crippen molar-refractivity contribution in [1.29, 1.82) is 0 Å². The number of carbonyl (C=O) groups is 2. The van der Waals surface area contributed by atoms with Crippen molar-refractivity contribution >= 4 is 38.6 Å². The Morgan fingerprint density at radius 3 is 2.57 bits per heavy atom. The molecule has 0 radical (unpaired) electrons. The van der Waals surface area contributed by atoms with Crippen molar-refractivity contribution < 1.29 is 9.59 Å². The number of hydrogen-bond donors (Lipinski definition) is 1. The van der Waals surface area contributed by atoms with Crippen LogP contribution in [0, 0.1) is 5.92 Å². The number of likely N-dealkylation sites (N-methyl/N-ethyl adjacent to an activating group) is 1. The number of benzene rings is 1. The van der Waals surface area contributed by atoms with Crippen LogP contribution in [0.25, 0.3) is 10.3 Å². The highest BCUT2D eigenvalue weighted by Crippen LogP contribution is 2.29. The van der Waals surface area contributed by atoms with Crippen LogP contribution in [0.4, 0.5) is 5.13 Å². The van der Waals surface area contributed by atoms with Gasteiger partial charge in [0.05, 0.1) is 0 Å². The topological polar surface area (TPSA) is 100 Å². The third-order valence-corrected chi connectivity index (χ3v) is 7.29. The molecule has 4 rings (SSSR count). The first-order valence-corrected chi connectivity index (χ1v) is 12.9. The third kappa shape index (κ3) is 5.87. The normalized spacial score (nSPS) is 14.5. The summed E-state index contributed by atoms with van der Waals surface area (Å²) in [5.74, 6) is -0.0283. The fourth-order valence-electron chi connectivity index (χ4n) is 4.24. The second kappa shape index (κ2) is 11.0. The number of piperidine rings is 1. The molecule has 186 valence electrons. The van der Waals surface area contributed by atoms with Crippen LogP contribution < -0.4 is 15.8 Å². The molecule has 0 atom stereocenters. The monoisotopic (exact) mass is 496 g/mol. The fraction of sp³-hybridized carbons (Fsp3) is 0.480. The van der Waals surface area contributed by atoms with E-state index in [0.29, 0.717) is 36.5 Å². The first-order chi connectivity index (χ1) is 16.9. The molecule has 9 nitrogen and oxygen atoms in total. The van der Waals surface area contributed by atoms with Crippen LogP contribution in [0.5, 0.6) is 0 Å². The van der Waals surface area contributed by atoms with E-state index >= 15 is 0 Å². The van der Waals surface area contributed by atoms with E-state index in [1.807, 2.05) is 51.1 Å². The SMILES string of the molecule is CCN(Cc1ccccc1)C(=O)Cn1cnc2nc(N3CCC(C(=O)NC(C)C)CC3)sc2c1=O. The Labute approximate surface area is 208 Å². The van der Waals surface area contributed by atoms with Gasteiger partial charge in [-0.05, 0) is 39.2 Å². The van der Waals surface area contributed by atoms with E-state index in [9.17, 15) is 14.4 Å². The maximum absolute atomic E-state index is 13.1. The summed E-state index contributed by atoms with van der Waals surface area (Å²) < 4.78 is 1.81. The predicted octanol–water partition coefficient (Wildman–Crippen LogP) is 2.64. The lowest BCUT2D eigenvalue weighted by atomic mass is 9.96. The van der Waals surface area contributed by atoms with E-state index in [0.717, 1.165) is 23.5 Å². The summed E-state index contributed by atoms with van der Waals surface area (Å²) in [5, 5.41) is 3.72. The van der Waals surface area contributed by atoms with Crippen molar-refractivity contribution in [3.8, 4) is 0 Å². The summed E-state index contributed by atoms with van der Waals surface area (Å²) in [6, 6.07) is 9.92. The smallest absolute Gasteiger partial charge is 0.273 e. The minimum absolute atomic E-state index is 0.00166. The van der Waals surface area contributed by atoms with E-state index < -0.39 is 0 Å². The first-order valence-electron chi connectivity index (χ1n) is 12.1. The number of rotatable bonds is 8. The van der Waals surface area contributed by atoms with E-state index in [2.05, 4.69) is 20.2 Å². The minimum atomic E-state index is -0.255. The molecule has 1 saturated heterocycles. The minimum Gasteiger partial charge on any atom is -0.354 e. The van der Waals surface area contributed by atoms with Gasteiger partial charge in [0.1, 0.15) is 17.6 Å². The number of anilines is 1. The Bertz CT molecular complexity index is 1230. The molecule has 1 aromatic carbocycles. The van der Waals surface area contributed by atoms with Crippen molar-refractivity contribution in [3.05, 3.63) is 52.6 Å². The Morgan fingerprint density at radius 2 is 1.91 bits per heavy atom. The van der Waals surface area contributed by atoms with Gasteiger partial charge in [-0.1, -0.05) is 41.7 Å². The van der Waals surface area contributed by atoms with Gasteiger partial charge in [0.2, 0.25) is 11.8 Å². The Morgan fingerprint density at radius 1 is 1.20 bits per heavy atom. The predicted molar refractivity (Wildman–Crippen MR) is 137 cm³/mol. The van der Waals surface area contributed by atoms with Gasteiger partial charge < -0.3 is 15.1 Å². The van der Waals surface area contributed by atoms with Crippen LogP contribution in [-0.2, 0) is 22.7 Å². The second-order valence-electron chi connectivity index (χ2n) is 9.14. The number of carbonyl (C=O) groups excluding carboxylic acids is 2. The van der Waals surface area contributed by atoms with Crippen LogP contribution >= 0.6 is 11.3 Å². The third-order valence-electron chi connectivity index (χ3n) is 6.20. The van der Waals surface area contributed by atoms with Crippen molar-refractivity contribution in [1.82, 2.24) is 24.8 Å². The first kappa shape index (κ1) is 24.8. The molecule has 2 amide bonds.